The predicted molar refractivity (Wildman–Crippen MR) is 145 cm³/mol. The molecule has 0 unspecified atom stereocenters. The SMILES string of the molecule is C=CCc1cc(/C=C2\S[C@@H](Nc3ccc(CC)cc3)NC2=O)cc(OC)c1OCc1ccccc1. The van der Waals surface area contributed by atoms with Crippen LogP contribution < -0.4 is 20.1 Å². The Bertz CT molecular complexity index is 1210. The number of hydrogen-bond donors (Lipinski definition) is 2. The van der Waals surface area contributed by atoms with E-state index >= 15 is 0 Å². The zero-order valence-corrected chi connectivity index (χ0v) is 20.9. The summed E-state index contributed by atoms with van der Waals surface area (Å²) in [6.45, 7) is 6.45. The number of carbonyl (C=O) groups excluding carboxylic acids is 1. The lowest BCUT2D eigenvalue weighted by molar-refractivity contribution is -0.116. The summed E-state index contributed by atoms with van der Waals surface area (Å²) < 4.78 is 11.8. The van der Waals surface area contributed by atoms with Crippen molar-refractivity contribution in [3.63, 3.8) is 0 Å². The quantitative estimate of drug-likeness (QED) is 0.265. The van der Waals surface area contributed by atoms with Gasteiger partial charge in [-0.25, -0.2) is 0 Å². The number of thioether (sulfide) groups is 1. The first-order valence-electron chi connectivity index (χ1n) is 11.6. The van der Waals surface area contributed by atoms with Crippen LogP contribution in [-0.2, 0) is 24.2 Å². The Morgan fingerprint density at radius 2 is 1.86 bits per heavy atom. The molecule has 1 aliphatic rings. The van der Waals surface area contributed by atoms with Gasteiger partial charge in [0.15, 0.2) is 17.0 Å². The van der Waals surface area contributed by atoms with Crippen LogP contribution in [0.15, 0.2) is 84.3 Å². The highest BCUT2D eigenvalue weighted by molar-refractivity contribution is 8.05. The van der Waals surface area contributed by atoms with E-state index in [9.17, 15) is 4.79 Å². The molecule has 0 radical (unpaired) electrons. The number of methoxy groups -OCH3 is 1. The molecule has 2 N–H and O–H groups in total. The van der Waals surface area contributed by atoms with Crippen molar-refractivity contribution in [3.8, 4) is 11.5 Å². The molecule has 1 amide bonds. The largest absolute Gasteiger partial charge is 0.493 e. The molecule has 1 aliphatic heterocycles. The topological polar surface area (TPSA) is 59.6 Å². The van der Waals surface area contributed by atoms with E-state index in [-0.39, 0.29) is 11.4 Å². The van der Waals surface area contributed by atoms with Gasteiger partial charge in [0.2, 0.25) is 0 Å². The van der Waals surface area contributed by atoms with Gasteiger partial charge >= 0.3 is 0 Å². The lowest BCUT2D eigenvalue weighted by Crippen LogP contribution is -2.30. The molecule has 4 rings (SSSR count). The van der Waals surface area contributed by atoms with Gasteiger partial charge in [0.1, 0.15) is 6.61 Å². The van der Waals surface area contributed by atoms with Crippen LogP contribution in [0, 0.1) is 0 Å². The van der Waals surface area contributed by atoms with Gasteiger partial charge in [-0.15, -0.1) is 6.58 Å². The number of nitrogens with one attached hydrogen (secondary N) is 2. The van der Waals surface area contributed by atoms with E-state index in [0.717, 1.165) is 28.8 Å². The van der Waals surface area contributed by atoms with Crippen molar-refractivity contribution >= 4 is 29.4 Å². The van der Waals surface area contributed by atoms with Gasteiger partial charge in [-0.05, 0) is 59.9 Å². The van der Waals surface area contributed by atoms with Crippen LogP contribution in [0.4, 0.5) is 5.69 Å². The average Bonchev–Trinajstić information content (AvgIpc) is 3.22. The number of rotatable bonds is 10. The van der Waals surface area contributed by atoms with E-state index in [4.69, 9.17) is 9.47 Å². The first kappa shape index (κ1) is 24.5. The maximum atomic E-state index is 12.7. The summed E-state index contributed by atoms with van der Waals surface area (Å²) in [4.78, 5) is 13.3. The minimum absolute atomic E-state index is 0.105. The van der Waals surface area contributed by atoms with Gasteiger partial charge in [-0.3, -0.25) is 4.79 Å². The van der Waals surface area contributed by atoms with Gasteiger partial charge < -0.3 is 20.1 Å². The van der Waals surface area contributed by atoms with Gasteiger partial charge in [0.25, 0.3) is 5.91 Å². The molecule has 0 aliphatic carbocycles. The van der Waals surface area contributed by atoms with Crippen LogP contribution >= 0.6 is 11.8 Å². The van der Waals surface area contributed by atoms with Crippen molar-refractivity contribution in [2.75, 3.05) is 12.4 Å². The van der Waals surface area contributed by atoms with Gasteiger partial charge in [-0.1, -0.05) is 67.2 Å². The summed E-state index contributed by atoms with van der Waals surface area (Å²) in [5.41, 5.74) is 4.92. The summed E-state index contributed by atoms with van der Waals surface area (Å²) >= 11 is 1.46. The zero-order valence-electron chi connectivity index (χ0n) is 20.0. The van der Waals surface area contributed by atoms with Crippen molar-refractivity contribution in [1.29, 1.82) is 0 Å². The summed E-state index contributed by atoms with van der Waals surface area (Å²) in [6.07, 6.45) is 5.34. The number of hydrogen-bond acceptors (Lipinski definition) is 5. The van der Waals surface area contributed by atoms with E-state index in [1.54, 1.807) is 7.11 Å². The molecule has 5 nitrogen and oxygen atoms in total. The fourth-order valence-corrected chi connectivity index (χ4v) is 4.81. The average molecular weight is 487 g/mol. The lowest BCUT2D eigenvalue weighted by Gasteiger charge is -2.16. The Morgan fingerprint density at radius 1 is 1.09 bits per heavy atom. The monoisotopic (exact) mass is 486 g/mol. The molecule has 1 heterocycles. The van der Waals surface area contributed by atoms with Crippen molar-refractivity contribution in [3.05, 3.63) is 107 Å². The summed E-state index contributed by atoms with van der Waals surface area (Å²) in [5.74, 6) is 1.21. The van der Waals surface area contributed by atoms with E-state index < -0.39 is 0 Å². The molecule has 35 heavy (non-hydrogen) atoms. The zero-order chi connectivity index (χ0) is 24.6. The third kappa shape index (κ3) is 6.28. The fraction of sp³-hybridized carbons (Fsp3) is 0.207. The van der Waals surface area contributed by atoms with Crippen LogP contribution in [0.3, 0.4) is 0 Å². The molecule has 6 heteroatoms. The van der Waals surface area contributed by atoms with E-state index in [2.05, 4.69) is 36.3 Å². The highest BCUT2D eigenvalue weighted by Gasteiger charge is 2.27. The minimum atomic E-state index is -0.232. The van der Waals surface area contributed by atoms with Crippen LogP contribution in [0.25, 0.3) is 6.08 Å². The molecule has 0 aromatic heterocycles. The van der Waals surface area contributed by atoms with Crippen LogP contribution in [-0.4, -0.2) is 18.5 Å². The third-order valence-corrected chi connectivity index (χ3v) is 6.68. The Morgan fingerprint density at radius 3 is 2.54 bits per heavy atom. The van der Waals surface area contributed by atoms with E-state index in [1.807, 2.05) is 66.7 Å². The molecule has 1 fully saturated rings. The van der Waals surface area contributed by atoms with Crippen molar-refractivity contribution in [1.82, 2.24) is 5.32 Å². The molecule has 180 valence electrons. The number of carbonyl (C=O) groups is 1. The Labute approximate surface area is 211 Å². The smallest absolute Gasteiger partial charge is 0.260 e. The Balaban J connectivity index is 1.53. The predicted octanol–water partition coefficient (Wildman–Crippen LogP) is 6.16. The normalized spacial score (nSPS) is 16.1. The van der Waals surface area contributed by atoms with Gasteiger partial charge in [0, 0.05) is 11.3 Å². The highest BCUT2D eigenvalue weighted by atomic mass is 32.2. The van der Waals surface area contributed by atoms with Crippen molar-refractivity contribution in [2.24, 2.45) is 0 Å². The lowest BCUT2D eigenvalue weighted by atomic mass is 10.0. The van der Waals surface area contributed by atoms with Crippen molar-refractivity contribution in [2.45, 2.75) is 31.9 Å². The fourth-order valence-electron chi connectivity index (χ4n) is 3.82. The van der Waals surface area contributed by atoms with Crippen molar-refractivity contribution < 1.29 is 14.3 Å². The summed E-state index contributed by atoms with van der Waals surface area (Å²) in [6, 6.07) is 22.2. The van der Waals surface area contributed by atoms with E-state index in [1.165, 1.54) is 17.3 Å². The number of aryl methyl sites for hydroxylation is 1. The molecular formula is C29H30N2O3S. The highest BCUT2D eigenvalue weighted by Crippen LogP contribution is 2.37. The van der Waals surface area contributed by atoms with Gasteiger partial charge in [0.05, 0.1) is 12.0 Å². The third-order valence-electron chi connectivity index (χ3n) is 5.65. The van der Waals surface area contributed by atoms with Gasteiger partial charge in [-0.2, -0.15) is 0 Å². The van der Waals surface area contributed by atoms with Crippen LogP contribution in [0.2, 0.25) is 0 Å². The molecule has 3 aromatic rings. The van der Waals surface area contributed by atoms with Crippen LogP contribution in [0.1, 0.15) is 29.2 Å². The number of anilines is 1. The van der Waals surface area contributed by atoms with E-state index in [0.29, 0.717) is 29.4 Å². The summed E-state index contributed by atoms with van der Waals surface area (Å²) in [5, 5.41) is 6.36. The Kier molecular flexibility index (Phi) is 8.16. The number of allylic oxidation sites excluding steroid dienone is 1. The number of benzene rings is 3. The second-order valence-corrected chi connectivity index (χ2v) is 9.30. The number of amides is 1. The minimum Gasteiger partial charge on any atom is -0.493 e. The second kappa shape index (κ2) is 11.7. The molecular weight excluding hydrogens is 456 g/mol. The molecule has 0 saturated carbocycles. The number of ether oxygens (including phenoxy) is 2. The Hall–Kier alpha value is -3.64. The maximum Gasteiger partial charge on any atom is 0.260 e. The first-order chi connectivity index (χ1) is 17.1. The maximum absolute atomic E-state index is 12.7. The molecule has 1 saturated heterocycles. The first-order valence-corrected chi connectivity index (χ1v) is 12.5. The molecule has 0 spiro atoms. The van der Waals surface area contributed by atoms with Crippen LogP contribution in [0.5, 0.6) is 11.5 Å². The standard InChI is InChI=1S/C29H30N2O3S/c1-4-9-23-16-22(17-25(33-3)27(23)34-19-21-10-7-6-8-11-21)18-26-28(32)31-29(35-26)30-24-14-12-20(5-2)13-15-24/h4,6-8,10-18,29-30H,1,5,9,19H2,2-3H3,(H,31,32)/b26-18-/t29-/m0/s1. The molecule has 1 atom stereocenters. The molecule has 3 aromatic carbocycles. The summed E-state index contributed by atoms with van der Waals surface area (Å²) in [7, 11) is 1.63. The molecule has 0 bridgehead atoms. The second-order valence-electron chi connectivity index (χ2n) is 8.15.